The van der Waals surface area contributed by atoms with Crippen LogP contribution in [0.3, 0.4) is 0 Å². The highest BCUT2D eigenvalue weighted by molar-refractivity contribution is 7.91. The molecule has 1 aromatic heterocycles. The molecule has 0 radical (unpaired) electrons. The molecule has 1 atom stereocenters. The van der Waals surface area contributed by atoms with Gasteiger partial charge in [0.05, 0.1) is 49.3 Å². The molecular weight excluding hydrogens is 470 g/mol. The summed E-state index contributed by atoms with van der Waals surface area (Å²) in [5.41, 5.74) is 2.82. The summed E-state index contributed by atoms with van der Waals surface area (Å²) in [7, 11) is -1.37. The van der Waals surface area contributed by atoms with Crippen LogP contribution in [0, 0.1) is 12.8 Å². The predicted molar refractivity (Wildman–Crippen MR) is 131 cm³/mol. The first-order chi connectivity index (χ1) is 16.8. The number of carbonyl (C=O) groups is 1. The maximum absolute atomic E-state index is 12.9. The molecule has 0 aliphatic carbocycles. The molecule has 4 heterocycles. The fraction of sp³-hybridized carbons (Fsp3) is 0.520. The molecule has 1 amide bonds. The average Bonchev–Trinajstić information content (AvgIpc) is 3.31. The molecule has 1 aromatic carbocycles. The van der Waals surface area contributed by atoms with Crippen LogP contribution in [0.1, 0.15) is 24.8 Å². The SMILES string of the molecule is COc1ncc(N2CCOc3ccc(O[C@H]4CCN(C(=O)C5CCS(=O)(=O)CC5)C4)cc32)cc1C. The zero-order chi connectivity index (χ0) is 24.6. The summed E-state index contributed by atoms with van der Waals surface area (Å²) < 4.78 is 40.8. The van der Waals surface area contributed by atoms with Gasteiger partial charge in [0.1, 0.15) is 34.0 Å². The number of fused-ring (bicyclic) bond motifs is 1. The number of methoxy groups -OCH3 is 1. The number of aromatic nitrogens is 1. The fourth-order valence-corrected chi connectivity index (χ4v) is 6.55. The molecule has 0 bridgehead atoms. The topological polar surface area (TPSA) is 98.3 Å². The summed E-state index contributed by atoms with van der Waals surface area (Å²) >= 11 is 0. The molecule has 2 saturated heterocycles. The Kier molecular flexibility index (Phi) is 6.48. The summed E-state index contributed by atoms with van der Waals surface area (Å²) in [5, 5.41) is 0. The quantitative estimate of drug-likeness (QED) is 0.617. The number of hydrogen-bond acceptors (Lipinski definition) is 8. The van der Waals surface area contributed by atoms with Gasteiger partial charge in [-0.3, -0.25) is 4.79 Å². The van der Waals surface area contributed by atoms with Crippen LogP contribution in [0.5, 0.6) is 17.4 Å². The van der Waals surface area contributed by atoms with Crippen LogP contribution in [0.15, 0.2) is 30.5 Å². The lowest BCUT2D eigenvalue weighted by molar-refractivity contribution is -0.135. The predicted octanol–water partition coefficient (Wildman–Crippen LogP) is 2.73. The Morgan fingerprint density at radius 2 is 1.94 bits per heavy atom. The Balaban J connectivity index is 1.26. The number of nitrogens with zero attached hydrogens (tertiary/aromatic N) is 3. The van der Waals surface area contributed by atoms with Gasteiger partial charge >= 0.3 is 0 Å². The summed E-state index contributed by atoms with van der Waals surface area (Å²) in [6.07, 6.45) is 3.28. The first-order valence-corrected chi connectivity index (χ1v) is 13.9. The Morgan fingerprint density at radius 1 is 1.14 bits per heavy atom. The number of pyridine rings is 1. The van der Waals surface area contributed by atoms with Crippen molar-refractivity contribution in [2.75, 3.05) is 49.8 Å². The van der Waals surface area contributed by atoms with E-state index in [4.69, 9.17) is 14.2 Å². The van der Waals surface area contributed by atoms with E-state index in [-0.39, 0.29) is 29.4 Å². The molecule has 10 heteroatoms. The number of anilines is 2. The monoisotopic (exact) mass is 501 g/mol. The second kappa shape index (κ2) is 9.56. The summed E-state index contributed by atoms with van der Waals surface area (Å²) in [4.78, 5) is 21.3. The number of rotatable bonds is 5. The first kappa shape index (κ1) is 23.7. The van der Waals surface area contributed by atoms with Crippen molar-refractivity contribution in [1.82, 2.24) is 9.88 Å². The van der Waals surface area contributed by atoms with Crippen LogP contribution >= 0.6 is 0 Å². The second-order valence-corrected chi connectivity index (χ2v) is 11.7. The van der Waals surface area contributed by atoms with Crippen LogP contribution in [0.4, 0.5) is 11.4 Å². The lowest BCUT2D eigenvalue weighted by Crippen LogP contribution is -2.39. The van der Waals surface area contributed by atoms with Gasteiger partial charge in [0, 0.05) is 30.5 Å². The van der Waals surface area contributed by atoms with Gasteiger partial charge in [-0.15, -0.1) is 0 Å². The van der Waals surface area contributed by atoms with Crippen molar-refractivity contribution in [3.8, 4) is 17.4 Å². The third-order valence-electron chi connectivity index (χ3n) is 6.98. The van der Waals surface area contributed by atoms with Gasteiger partial charge in [0.2, 0.25) is 11.8 Å². The molecule has 9 nitrogen and oxygen atoms in total. The Morgan fingerprint density at radius 3 is 2.69 bits per heavy atom. The Labute approximate surface area is 205 Å². The molecule has 3 aliphatic rings. The van der Waals surface area contributed by atoms with Gasteiger partial charge in [-0.1, -0.05) is 0 Å². The highest BCUT2D eigenvalue weighted by Crippen LogP contribution is 2.40. The van der Waals surface area contributed by atoms with E-state index in [0.29, 0.717) is 45.0 Å². The number of amides is 1. The van der Waals surface area contributed by atoms with Crippen LogP contribution in [-0.4, -0.2) is 75.2 Å². The molecule has 2 aromatic rings. The molecule has 188 valence electrons. The van der Waals surface area contributed by atoms with Crippen molar-refractivity contribution < 1.29 is 27.4 Å². The first-order valence-electron chi connectivity index (χ1n) is 12.0. The van der Waals surface area contributed by atoms with Crippen molar-refractivity contribution in [2.24, 2.45) is 5.92 Å². The molecule has 35 heavy (non-hydrogen) atoms. The summed E-state index contributed by atoms with van der Waals surface area (Å²) in [6.45, 7) is 4.37. The normalized spacial score (nSPS) is 21.8. The second-order valence-electron chi connectivity index (χ2n) is 9.39. The van der Waals surface area contributed by atoms with Gasteiger partial charge < -0.3 is 24.0 Å². The highest BCUT2D eigenvalue weighted by atomic mass is 32.2. The van der Waals surface area contributed by atoms with Gasteiger partial charge in [0.15, 0.2) is 0 Å². The van der Waals surface area contributed by atoms with Gasteiger partial charge in [-0.25, -0.2) is 13.4 Å². The summed E-state index contributed by atoms with van der Waals surface area (Å²) in [6, 6.07) is 7.84. The van der Waals surface area contributed by atoms with Gasteiger partial charge in [-0.05, 0) is 38.0 Å². The van der Waals surface area contributed by atoms with E-state index in [1.54, 1.807) is 13.3 Å². The Hall–Kier alpha value is -3.01. The zero-order valence-corrected chi connectivity index (χ0v) is 20.9. The summed E-state index contributed by atoms with van der Waals surface area (Å²) in [5.74, 6) is 2.18. The Bertz CT molecular complexity index is 1200. The largest absolute Gasteiger partial charge is 0.490 e. The number of benzene rings is 1. The lowest BCUT2D eigenvalue weighted by atomic mass is 10.0. The third-order valence-corrected chi connectivity index (χ3v) is 8.69. The van der Waals surface area contributed by atoms with E-state index >= 15 is 0 Å². The number of aryl methyl sites for hydroxylation is 1. The van der Waals surface area contributed by atoms with Gasteiger partial charge in [0.25, 0.3) is 0 Å². The van der Waals surface area contributed by atoms with Gasteiger partial charge in [-0.2, -0.15) is 0 Å². The van der Waals surface area contributed by atoms with Crippen molar-refractivity contribution in [3.05, 3.63) is 36.0 Å². The maximum atomic E-state index is 12.9. The van der Waals surface area contributed by atoms with Crippen molar-refractivity contribution >= 4 is 27.1 Å². The zero-order valence-electron chi connectivity index (χ0n) is 20.1. The number of carbonyl (C=O) groups excluding carboxylic acids is 1. The molecule has 5 rings (SSSR count). The van der Waals surface area contributed by atoms with E-state index in [9.17, 15) is 13.2 Å². The minimum absolute atomic E-state index is 0.0541. The third kappa shape index (κ3) is 5.03. The molecule has 3 aliphatic heterocycles. The average molecular weight is 502 g/mol. The van der Waals surface area contributed by atoms with E-state index in [1.807, 2.05) is 36.1 Å². The maximum Gasteiger partial charge on any atom is 0.225 e. The van der Waals surface area contributed by atoms with Crippen LogP contribution in [0.25, 0.3) is 0 Å². The smallest absolute Gasteiger partial charge is 0.225 e. The number of ether oxygens (including phenoxy) is 3. The number of hydrogen-bond donors (Lipinski definition) is 0. The molecule has 2 fully saturated rings. The van der Waals surface area contributed by atoms with Crippen LogP contribution < -0.4 is 19.1 Å². The molecule has 0 unspecified atom stereocenters. The fourth-order valence-electron chi connectivity index (χ4n) is 5.06. The van der Waals surface area contributed by atoms with Crippen molar-refractivity contribution in [3.63, 3.8) is 0 Å². The molecule has 0 saturated carbocycles. The van der Waals surface area contributed by atoms with Crippen LogP contribution in [0.2, 0.25) is 0 Å². The van der Waals surface area contributed by atoms with E-state index < -0.39 is 9.84 Å². The minimum atomic E-state index is -2.98. The van der Waals surface area contributed by atoms with Crippen molar-refractivity contribution in [2.45, 2.75) is 32.3 Å². The highest BCUT2D eigenvalue weighted by Gasteiger charge is 2.35. The molecular formula is C25H31N3O6S. The molecule has 0 N–H and O–H groups in total. The lowest BCUT2D eigenvalue weighted by Gasteiger charge is -2.32. The van der Waals surface area contributed by atoms with E-state index in [1.165, 1.54) is 0 Å². The molecule has 0 spiro atoms. The van der Waals surface area contributed by atoms with Crippen molar-refractivity contribution in [1.29, 1.82) is 0 Å². The standard InChI is InChI=1S/C25H31N3O6S/c1-17-13-19(15-26-24(17)32-2)28-9-10-33-23-4-3-20(14-22(23)28)34-21-5-8-27(16-21)25(29)18-6-11-35(30,31)12-7-18/h3-4,13-15,18,21H,5-12,16H2,1-2H3/t21-/m0/s1. The van der Waals surface area contributed by atoms with E-state index in [2.05, 4.69) is 9.88 Å². The number of sulfone groups is 1. The number of likely N-dealkylation sites (tertiary alicyclic amines) is 1. The minimum Gasteiger partial charge on any atom is -0.490 e. The van der Waals surface area contributed by atoms with E-state index in [0.717, 1.165) is 34.9 Å². The van der Waals surface area contributed by atoms with Crippen LogP contribution in [-0.2, 0) is 14.6 Å².